The standard InChI is InChI=1S/C19H25ClO3/c1-21-18-8-6-15(7-9-18)17-12-22-19(23-13-17)16-4-2-14(3-5-16)10-11-20/h6-11,14,16-17,19H,2-5,12-13H2,1H3. The zero-order valence-electron chi connectivity index (χ0n) is 13.6. The van der Waals surface area contributed by atoms with E-state index in [1.54, 1.807) is 12.6 Å². The van der Waals surface area contributed by atoms with Crippen LogP contribution in [-0.4, -0.2) is 26.6 Å². The lowest BCUT2D eigenvalue weighted by atomic mass is 9.81. The van der Waals surface area contributed by atoms with Gasteiger partial charge < -0.3 is 14.2 Å². The molecular formula is C19H25ClO3. The van der Waals surface area contributed by atoms with Crippen LogP contribution < -0.4 is 4.74 Å². The second kappa shape index (κ2) is 8.18. The maximum Gasteiger partial charge on any atom is 0.160 e. The molecule has 3 nitrogen and oxygen atoms in total. The fraction of sp³-hybridized carbons (Fsp3) is 0.579. The Bertz CT molecular complexity index is 498. The van der Waals surface area contributed by atoms with Gasteiger partial charge in [-0.2, -0.15) is 0 Å². The molecule has 0 spiro atoms. The van der Waals surface area contributed by atoms with E-state index in [9.17, 15) is 0 Å². The molecule has 0 aromatic heterocycles. The molecule has 0 atom stereocenters. The number of methoxy groups -OCH3 is 1. The van der Waals surface area contributed by atoms with Crippen molar-refractivity contribution in [1.29, 1.82) is 0 Å². The summed E-state index contributed by atoms with van der Waals surface area (Å²) in [6.45, 7) is 1.47. The minimum Gasteiger partial charge on any atom is -0.497 e. The first-order valence-corrected chi connectivity index (χ1v) is 8.88. The average Bonchev–Trinajstić information content (AvgIpc) is 2.63. The van der Waals surface area contributed by atoms with E-state index in [0.29, 0.717) is 17.8 Å². The fourth-order valence-corrected chi connectivity index (χ4v) is 3.78. The number of benzene rings is 1. The van der Waals surface area contributed by atoms with Crippen LogP contribution in [0.3, 0.4) is 0 Å². The zero-order valence-corrected chi connectivity index (χ0v) is 14.4. The first kappa shape index (κ1) is 16.8. The van der Waals surface area contributed by atoms with Crippen molar-refractivity contribution >= 4 is 11.6 Å². The van der Waals surface area contributed by atoms with Gasteiger partial charge in [-0.25, -0.2) is 0 Å². The summed E-state index contributed by atoms with van der Waals surface area (Å²) in [7, 11) is 1.68. The molecule has 23 heavy (non-hydrogen) atoms. The van der Waals surface area contributed by atoms with E-state index >= 15 is 0 Å². The Morgan fingerprint density at radius 3 is 2.26 bits per heavy atom. The third kappa shape index (κ3) is 4.28. The van der Waals surface area contributed by atoms with Gasteiger partial charge in [-0.15, -0.1) is 0 Å². The first-order chi connectivity index (χ1) is 11.3. The van der Waals surface area contributed by atoms with Crippen molar-refractivity contribution in [3.63, 3.8) is 0 Å². The van der Waals surface area contributed by atoms with Gasteiger partial charge in [0.05, 0.1) is 20.3 Å². The van der Waals surface area contributed by atoms with Crippen molar-refractivity contribution in [1.82, 2.24) is 0 Å². The molecule has 0 amide bonds. The van der Waals surface area contributed by atoms with Gasteiger partial charge in [0.1, 0.15) is 5.75 Å². The summed E-state index contributed by atoms with van der Waals surface area (Å²) < 4.78 is 17.3. The molecule has 1 aromatic rings. The molecule has 1 aliphatic carbocycles. The third-order valence-electron chi connectivity index (χ3n) is 5.06. The van der Waals surface area contributed by atoms with Gasteiger partial charge in [0, 0.05) is 17.4 Å². The zero-order chi connectivity index (χ0) is 16.1. The maximum absolute atomic E-state index is 6.04. The molecule has 1 saturated carbocycles. The molecule has 0 N–H and O–H groups in total. The summed E-state index contributed by atoms with van der Waals surface area (Å²) >= 11 is 5.68. The topological polar surface area (TPSA) is 27.7 Å². The molecule has 2 fully saturated rings. The Hall–Kier alpha value is -1.03. The van der Waals surface area contributed by atoms with E-state index in [1.807, 2.05) is 12.1 Å². The lowest BCUT2D eigenvalue weighted by Crippen LogP contribution is -2.37. The van der Waals surface area contributed by atoms with Crippen LogP contribution in [0.15, 0.2) is 35.9 Å². The quantitative estimate of drug-likeness (QED) is 0.797. The molecular weight excluding hydrogens is 312 g/mol. The molecule has 1 saturated heterocycles. The summed E-state index contributed by atoms with van der Waals surface area (Å²) in [5.41, 5.74) is 2.90. The highest BCUT2D eigenvalue weighted by Crippen LogP contribution is 2.35. The monoisotopic (exact) mass is 336 g/mol. The average molecular weight is 337 g/mol. The van der Waals surface area contributed by atoms with Crippen LogP contribution in [-0.2, 0) is 9.47 Å². The highest BCUT2D eigenvalue weighted by molar-refractivity contribution is 6.25. The number of hydrogen-bond donors (Lipinski definition) is 0. The Balaban J connectivity index is 1.48. The van der Waals surface area contributed by atoms with Gasteiger partial charge in [-0.3, -0.25) is 0 Å². The Labute approximate surface area is 143 Å². The van der Waals surface area contributed by atoms with E-state index in [1.165, 1.54) is 18.4 Å². The van der Waals surface area contributed by atoms with E-state index in [0.717, 1.165) is 31.8 Å². The largest absolute Gasteiger partial charge is 0.497 e. The Morgan fingerprint density at radius 1 is 1.04 bits per heavy atom. The fourth-order valence-electron chi connectivity index (χ4n) is 3.57. The second-order valence-corrected chi connectivity index (χ2v) is 6.75. The molecule has 0 unspecified atom stereocenters. The van der Waals surface area contributed by atoms with Gasteiger partial charge in [-0.1, -0.05) is 29.8 Å². The number of rotatable bonds is 4. The van der Waals surface area contributed by atoms with E-state index < -0.39 is 0 Å². The third-order valence-corrected chi connectivity index (χ3v) is 5.20. The van der Waals surface area contributed by atoms with Crippen molar-refractivity contribution in [3.05, 3.63) is 41.4 Å². The van der Waals surface area contributed by atoms with Crippen LogP contribution in [0.5, 0.6) is 5.75 Å². The minimum atomic E-state index is -0.0366. The second-order valence-electron chi connectivity index (χ2n) is 6.50. The van der Waals surface area contributed by atoms with Crippen LogP contribution in [0, 0.1) is 11.8 Å². The number of halogens is 1. The Morgan fingerprint density at radius 2 is 1.70 bits per heavy atom. The molecule has 0 bridgehead atoms. The number of ether oxygens (including phenoxy) is 3. The van der Waals surface area contributed by atoms with E-state index in [2.05, 4.69) is 18.2 Å². The van der Waals surface area contributed by atoms with Gasteiger partial charge in [-0.05, 0) is 49.3 Å². The van der Waals surface area contributed by atoms with Crippen molar-refractivity contribution in [3.8, 4) is 5.75 Å². The predicted molar refractivity (Wildman–Crippen MR) is 91.9 cm³/mol. The maximum atomic E-state index is 6.04. The van der Waals surface area contributed by atoms with Crippen LogP contribution in [0.25, 0.3) is 0 Å². The molecule has 126 valence electrons. The van der Waals surface area contributed by atoms with Crippen LogP contribution in [0.2, 0.25) is 0 Å². The van der Waals surface area contributed by atoms with Crippen LogP contribution in [0.1, 0.15) is 37.2 Å². The Kier molecular flexibility index (Phi) is 5.98. The molecule has 1 heterocycles. The van der Waals surface area contributed by atoms with Crippen LogP contribution >= 0.6 is 11.6 Å². The predicted octanol–water partition coefficient (Wildman–Crippen LogP) is 4.71. The molecule has 3 rings (SSSR count). The van der Waals surface area contributed by atoms with Crippen molar-refractivity contribution in [2.75, 3.05) is 20.3 Å². The smallest absolute Gasteiger partial charge is 0.160 e. The summed E-state index contributed by atoms with van der Waals surface area (Å²) in [4.78, 5) is 0. The van der Waals surface area contributed by atoms with Crippen molar-refractivity contribution < 1.29 is 14.2 Å². The summed E-state index contributed by atoms with van der Waals surface area (Å²) in [5.74, 6) is 2.34. The molecule has 4 heteroatoms. The van der Waals surface area contributed by atoms with Gasteiger partial charge in [0.15, 0.2) is 6.29 Å². The minimum absolute atomic E-state index is 0.0366. The molecule has 1 aromatic carbocycles. The van der Waals surface area contributed by atoms with E-state index in [-0.39, 0.29) is 6.29 Å². The summed E-state index contributed by atoms with van der Waals surface area (Å²) in [6, 6.07) is 8.18. The van der Waals surface area contributed by atoms with Crippen molar-refractivity contribution in [2.45, 2.75) is 37.9 Å². The lowest BCUT2D eigenvalue weighted by molar-refractivity contribution is -0.217. The lowest BCUT2D eigenvalue weighted by Gasteiger charge is -2.37. The number of hydrogen-bond acceptors (Lipinski definition) is 3. The van der Waals surface area contributed by atoms with E-state index in [4.69, 9.17) is 25.8 Å². The summed E-state index contributed by atoms with van der Waals surface area (Å²) in [5, 5.41) is 0. The first-order valence-electron chi connectivity index (χ1n) is 8.44. The SMILES string of the molecule is COc1ccc(C2COC(C3CCC(C=CCl)CC3)OC2)cc1. The molecule has 2 aliphatic rings. The highest BCUT2D eigenvalue weighted by Gasteiger charge is 2.32. The highest BCUT2D eigenvalue weighted by atomic mass is 35.5. The van der Waals surface area contributed by atoms with Gasteiger partial charge in [0.2, 0.25) is 0 Å². The number of allylic oxidation sites excluding steroid dienone is 1. The molecule has 0 radical (unpaired) electrons. The van der Waals surface area contributed by atoms with Crippen LogP contribution in [0.4, 0.5) is 0 Å². The summed E-state index contributed by atoms with van der Waals surface area (Å²) in [6.07, 6.45) is 6.75. The van der Waals surface area contributed by atoms with Gasteiger partial charge >= 0.3 is 0 Å². The molecule has 1 aliphatic heterocycles. The normalized spacial score (nSPS) is 32.1. The van der Waals surface area contributed by atoms with Crippen molar-refractivity contribution in [2.24, 2.45) is 11.8 Å². The van der Waals surface area contributed by atoms with Gasteiger partial charge in [0.25, 0.3) is 0 Å².